The lowest BCUT2D eigenvalue weighted by molar-refractivity contribution is 0.600. The zero-order chi connectivity index (χ0) is 33.2. The van der Waals surface area contributed by atoms with Crippen molar-refractivity contribution in [3.8, 4) is 44.5 Å². The van der Waals surface area contributed by atoms with Crippen LogP contribution in [-0.4, -0.2) is 29.3 Å². The van der Waals surface area contributed by atoms with Crippen LogP contribution >= 0.6 is 54.5 Å². The first kappa shape index (κ1) is 34.3. The molecule has 0 saturated heterocycles. The van der Waals surface area contributed by atoms with Gasteiger partial charge in [0.25, 0.3) is 0 Å². The zero-order valence-electron chi connectivity index (χ0n) is 24.2. The van der Waals surface area contributed by atoms with Crippen LogP contribution in [0.1, 0.15) is 0 Å². The summed E-state index contributed by atoms with van der Waals surface area (Å²) in [6.07, 6.45) is 2.37. The summed E-state index contributed by atoms with van der Waals surface area (Å²) in [5, 5.41) is 4.02. The van der Waals surface area contributed by atoms with Gasteiger partial charge in [0.05, 0.1) is 17.4 Å². The summed E-state index contributed by atoms with van der Waals surface area (Å²) in [6.45, 7) is 0. The second-order valence-corrected chi connectivity index (χ2v) is 18.6. The molecule has 46 heavy (non-hydrogen) atoms. The van der Waals surface area contributed by atoms with E-state index in [0.29, 0.717) is 4.90 Å². The van der Waals surface area contributed by atoms with Crippen LogP contribution in [0.4, 0.5) is 8.78 Å². The largest absolute Gasteiger partial charge is 0.224 e. The molecule has 0 N–H and O–H groups in total. The lowest BCUT2D eigenvalue weighted by Gasteiger charge is -2.08. The number of thiophene rings is 2. The minimum atomic E-state index is -3.23. The molecule has 6 rings (SSSR count). The fraction of sp³-hybridized carbons (Fsp3) is 0.0588. The summed E-state index contributed by atoms with van der Waals surface area (Å²) in [5.74, 6) is -0.554. The quantitative estimate of drug-likeness (QED) is 0.168. The second kappa shape index (κ2) is 14.0. The van der Waals surface area contributed by atoms with Crippen LogP contribution in [0.5, 0.6) is 0 Å². The average Bonchev–Trinajstić information content (AvgIpc) is 3.61. The van der Waals surface area contributed by atoms with Gasteiger partial charge in [-0.1, -0.05) is 48.5 Å². The van der Waals surface area contributed by atoms with E-state index in [9.17, 15) is 25.6 Å². The molecule has 6 aromatic rings. The summed E-state index contributed by atoms with van der Waals surface area (Å²) < 4.78 is 74.4. The van der Waals surface area contributed by atoms with Gasteiger partial charge < -0.3 is 0 Å². The Balaban J connectivity index is 0.000000182. The van der Waals surface area contributed by atoms with Crippen molar-refractivity contribution in [1.29, 1.82) is 0 Å². The molecule has 4 nitrogen and oxygen atoms in total. The molecule has 236 valence electrons. The lowest BCUT2D eigenvalue weighted by atomic mass is 9.99. The molecule has 0 fully saturated rings. The molecule has 0 aliphatic carbocycles. The molecule has 0 radical (unpaired) electrons. The summed E-state index contributed by atoms with van der Waals surface area (Å²) >= 11 is 10.2. The van der Waals surface area contributed by atoms with E-state index in [2.05, 4.69) is 31.9 Å². The topological polar surface area (TPSA) is 68.3 Å². The third-order valence-electron chi connectivity index (χ3n) is 6.94. The van der Waals surface area contributed by atoms with Crippen molar-refractivity contribution in [2.45, 2.75) is 9.79 Å². The molecule has 0 spiro atoms. The highest BCUT2D eigenvalue weighted by molar-refractivity contribution is 9.12. The number of hydrogen-bond donors (Lipinski definition) is 0. The smallest absolute Gasteiger partial charge is 0.175 e. The second-order valence-electron chi connectivity index (χ2n) is 10.2. The minimum absolute atomic E-state index is 0.266. The number of rotatable bonds is 6. The Hall–Kier alpha value is -3.00. The van der Waals surface area contributed by atoms with Gasteiger partial charge in [-0.2, -0.15) is 11.3 Å². The summed E-state index contributed by atoms with van der Waals surface area (Å²) in [4.78, 5) is 0.579. The monoisotopic (exact) mass is 820 g/mol. The Labute approximate surface area is 291 Å². The van der Waals surface area contributed by atoms with E-state index in [0.717, 1.165) is 52.1 Å². The number of hydrogen-bond acceptors (Lipinski definition) is 6. The number of halogens is 4. The Morgan fingerprint density at radius 3 is 1.15 bits per heavy atom. The molecule has 0 bridgehead atoms. The molecule has 0 unspecified atom stereocenters. The maximum Gasteiger partial charge on any atom is 0.175 e. The van der Waals surface area contributed by atoms with Gasteiger partial charge in [0, 0.05) is 34.8 Å². The Morgan fingerprint density at radius 1 is 0.500 bits per heavy atom. The molecule has 2 aromatic heterocycles. The van der Waals surface area contributed by atoms with Gasteiger partial charge in [-0.05, 0) is 113 Å². The molecular formula is C34H24Br2F2O4S4. The normalized spacial score (nSPS) is 11.6. The standard InChI is InChI=1S/C17H11Br2FO2S2.C17H13FO2S2/c1-24(21,22)13-8-4-11(5-9-13)15-14(16(18)23-17(15)19)10-2-6-12(20)7-3-10;1-22(19,20)15-8-4-13(5-9-15)17-11-21-10-16(17)12-2-6-14(18)7-3-12/h2-9H,1H3;2-11H,1H3. The maximum absolute atomic E-state index is 13.2. The first-order chi connectivity index (χ1) is 21.7. The van der Waals surface area contributed by atoms with Gasteiger partial charge in [0.15, 0.2) is 19.7 Å². The highest BCUT2D eigenvalue weighted by atomic mass is 79.9. The van der Waals surface area contributed by atoms with Gasteiger partial charge in [-0.25, -0.2) is 25.6 Å². The highest BCUT2D eigenvalue weighted by Gasteiger charge is 2.19. The molecule has 0 aliphatic heterocycles. The van der Waals surface area contributed by atoms with Gasteiger partial charge in [-0.3, -0.25) is 0 Å². The van der Waals surface area contributed by atoms with E-state index in [1.54, 1.807) is 84.1 Å². The van der Waals surface area contributed by atoms with Crippen LogP contribution < -0.4 is 0 Å². The number of benzene rings is 4. The van der Waals surface area contributed by atoms with Crippen molar-refractivity contribution in [2.24, 2.45) is 0 Å². The summed E-state index contributed by atoms with van der Waals surface area (Å²) in [5.41, 5.74) is 7.55. The van der Waals surface area contributed by atoms with Gasteiger partial charge in [0.1, 0.15) is 11.6 Å². The molecule has 0 saturated carbocycles. The first-order valence-electron chi connectivity index (χ1n) is 13.4. The van der Waals surface area contributed by atoms with E-state index in [4.69, 9.17) is 0 Å². The lowest BCUT2D eigenvalue weighted by Crippen LogP contribution is -1.96. The average molecular weight is 823 g/mol. The molecule has 12 heteroatoms. The van der Waals surface area contributed by atoms with Crippen LogP contribution in [0, 0.1) is 11.6 Å². The molecule has 0 amide bonds. The van der Waals surface area contributed by atoms with Crippen LogP contribution in [-0.2, 0) is 19.7 Å². The summed E-state index contributed by atoms with van der Waals surface area (Å²) in [6, 6.07) is 26.2. The Bertz CT molecular complexity index is 2210. The van der Waals surface area contributed by atoms with Crippen molar-refractivity contribution in [1.82, 2.24) is 0 Å². The fourth-order valence-corrected chi connectivity index (χ4v) is 10.0. The molecular weight excluding hydrogens is 798 g/mol. The fourth-order valence-electron chi connectivity index (χ4n) is 4.63. The Kier molecular flexibility index (Phi) is 10.5. The van der Waals surface area contributed by atoms with Gasteiger partial charge in [-0.15, -0.1) is 11.3 Å². The molecule has 0 atom stereocenters. The maximum atomic E-state index is 13.2. The first-order valence-corrected chi connectivity index (χ1v) is 20.5. The zero-order valence-corrected chi connectivity index (χ0v) is 30.6. The minimum Gasteiger partial charge on any atom is -0.224 e. The highest BCUT2D eigenvalue weighted by Crippen LogP contribution is 2.48. The molecule has 4 aromatic carbocycles. The van der Waals surface area contributed by atoms with Crippen LogP contribution in [0.3, 0.4) is 0 Å². The van der Waals surface area contributed by atoms with Gasteiger partial charge in [0.2, 0.25) is 0 Å². The van der Waals surface area contributed by atoms with Crippen molar-refractivity contribution in [2.75, 3.05) is 12.5 Å². The summed E-state index contributed by atoms with van der Waals surface area (Å²) in [7, 11) is -6.43. The van der Waals surface area contributed by atoms with Crippen LogP contribution in [0.2, 0.25) is 0 Å². The van der Waals surface area contributed by atoms with E-state index in [1.165, 1.54) is 48.1 Å². The van der Waals surface area contributed by atoms with Crippen molar-refractivity contribution in [3.63, 3.8) is 0 Å². The predicted octanol–water partition coefficient (Wildman–Crippen LogP) is 10.8. The van der Waals surface area contributed by atoms with Crippen LogP contribution in [0.25, 0.3) is 44.5 Å². The van der Waals surface area contributed by atoms with E-state index in [-0.39, 0.29) is 16.5 Å². The predicted molar refractivity (Wildman–Crippen MR) is 192 cm³/mol. The van der Waals surface area contributed by atoms with Crippen molar-refractivity contribution in [3.05, 3.63) is 127 Å². The van der Waals surface area contributed by atoms with Crippen molar-refractivity contribution >= 4 is 74.2 Å². The van der Waals surface area contributed by atoms with Gasteiger partial charge >= 0.3 is 0 Å². The molecule has 2 heterocycles. The SMILES string of the molecule is CS(=O)(=O)c1ccc(-c2c(Br)sc(Br)c2-c2ccc(F)cc2)cc1.CS(=O)(=O)c1ccc(-c2cscc2-c2ccc(F)cc2)cc1. The van der Waals surface area contributed by atoms with E-state index in [1.807, 2.05) is 10.8 Å². The van der Waals surface area contributed by atoms with E-state index < -0.39 is 19.7 Å². The number of sulfone groups is 2. The Morgan fingerprint density at radius 2 is 0.804 bits per heavy atom. The third kappa shape index (κ3) is 7.92. The van der Waals surface area contributed by atoms with Crippen LogP contribution in [0.15, 0.2) is 125 Å². The van der Waals surface area contributed by atoms with Crippen molar-refractivity contribution < 1.29 is 25.6 Å². The third-order valence-corrected chi connectivity index (χ3v) is 12.5. The van der Waals surface area contributed by atoms with E-state index >= 15 is 0 Å². The molecule has 0 aliphatic rings.